The SMILES string of the molecule is CS(=O)(=O)Nc1ccc(Cl)c(NC2CC2)c1. The maximum Gasteiger partial charge on any atom is 0.229 e. The molecular formula is C10H13ClN2O2S. The maximum atomic E-state index is 11.1. The van der Waals surface area contributed by atoms with Crippen molar-refractivity contribution < 1.29 is 8.42 Å². The van der Waals surface area contributed by atoms with Gasteiger partial charge in [0.1, 0.15) is 0 Å². The number of benzene rings is 1. The van der Waals surface area contributed by atoms with E-state index in [2.05, 4.69) is 10.0 Å². The average molecular weight is 261 g/mol. The molecule has 0 amide bonds. The lowest BCUT2D eigenvalue weighted by atomic mass is 10.3. The lowest BCUT2D eigenvalue weighted by Crippen LogP contribution is -2.10. The fourth-order valence-corrected chi connectivity index (χ4v) is 2.09. The Labute approximate surface area is 100 Å². The molecule has 0 atom stereocenters. The number of halogens is 1. The molecule has 1 aliphatic rings. The summed E-state index contributed by atoms with van der Waals surface area (Å²) in [5.74, 6) is 0. The predicted octanol–water partition coefficient (Wildman–Crippen LogP) is 2.29. The van der Waals surface area contributed by atoms with Crippen LogP contribution < -0.4 is 10.0 Å². The van der Waals surface area contributed by atoms with E-state index in [1.54, 1.807) is 18.2 Å². The minimum atomic E-state index is -3.24. The largest absolute Gasteiger partial charge is 0.381 e. The van der Waals surface area contributed by atoms with E-state index in [-0.39, 0.29) is 0 Å². The molecule has 1 aliphatic carbocycles. The molecule has 4 nitrogen and oxygen atoms in total. The lowest BCUT2D eigenvalue weighted by Gasteiger charge is -2.10. The van der Waals surface area contributed by atoms with Crippen LogP contribution in [-0.4, -0.2) is 20.7 Å². The van der Waals surface area contributed by atoms with Gasteiger partial charge in [-0.15, -0.1) is 0 Å². The second-order valence-electron chi connectivity index (χ2n) is 3.99. The van der Waals surface area contributed by atoms with Crippen molar-refractivity contribution >= 4 is 33.0 Å². The molecule has 0 bridgehead atoms. The summed E-state index contributed by atoms with van der Waals surface area (Å²) in [4.78, 5) is 0. The highest BCUT2D eigenvalue weighted by atomic mass is 35.5. The molecule has 2 N–H and O–H groups in total. The summed E-state index contributed by atoms with van der Waals surface area (Å²) in [6, 6.07) is 5.51. The van der Waals surface area contributed by atoms with E-state index >= 15 is 0 Å². The first-order valence-corrected chi connectivity index (χ1v) is 7.25. The highest BCUT2D eigenvalue weighted by molar-refractivity contribution is 7.92. The van der Waals surface area contributed by atoms with Gasteiger partial charge in [-0.05, 0) is 31.0 Å². The van der Waals surface area contributed by atoms with Gasteiger partial charge in [0.25, 0.3) is 0 Å². The molecule has 16 heavy (non-hydrogen) atoms. The van der Waals surface area contributed by atoms with Crippen LogP contribution in [0.15, 0.2) is 18.2 Å². The van der Waals surface area contributed by atoms with Crippen molar-refractivity contribution in [1.29, 1.82) is 0 Å². The summed E-state index contributed by atoms with van der Waals surface area (Å²) in [6.07, 6.45) is 3.40. The maximum absolute atomic E-state index is 11.1. The van der Waals surface area contributed by atoms with Gasteiger partial charge >= 0.3 is 0 Å². The topological polar surface area (TPSA) is 58.2 Å². The Kier molecular flexibility index (Phi) is 2.99. The van der Waals surface area contributed by atoms with Gasteiger partial charge in [0, 0.05) is 6.04 Å². The van der Waals surface area contributed by atoms with Gasteiger partial charge in [-0.25, -0.2) is 8.42 Å². The molecule has 1 aromatic rings. The Morgan fingerprint density at radius 3 is 2.62 bits per heavy atom. The second-order valence-corrected chi connectivity index (χ2v) is 6.14. The molecule has 0 aliphatic heterocycles. The van der Waals surface area contributed by atoms with E-state index in [1.807, 2.05) is 0 Å². The molecule has 2 rings (SSSR count). The lowest BCUT2D eigenvalue weighted by molar-refractivity contribution is 0.607. The van der Waals surface area contributed by atoms with Gasteiger partial charge in [0.2, 0.25) is 10.0 Å². The van der Waals surface area contributed by atoms with E-state index < -0.39 is 10.0 Å². The molecule has 1 saturated carbocycles. The average Bonchev–Trinajstić information content (AvgIpc) is 2.92. The van der Waals surface area contributed by atoms with Gasteiger partial charge in [-0.3, -0.25) is 4.72 Å². The van der Waals surface area contributed by atoms with E-state index in [0.29, 0.717) is 16.8 Å². The molecule has 0 radical (unpaired) electrons. The number of rotatable bonds is 4. The molecule has 88 valence electrons. The predicted molar refractivity (Wildman–Crippen MR) is 66.6 cm³/mol. The fourth-order valence-electron chi connectivity index (χ4n) is 1.36. The van der Waals surface area contributed by atoms with Crippen LogP contribution in [0.4, 0.5) is 11.4 Å². The normalized spacial score (nSPS) is 15.9. The quantitative estimate of drug-likeness (QED) is 0.873. The zero-order valence-corrected chi connectivity index (χ0v) is 10.4. The van der Waals surface area contributed by atoms with Crippen molar-refractivity contribution in [3.05, 3.63) is 23.2 Å². The van der Waals surface area contributed by atoms with Crippen LogP contribution in [0, 0.1) is 0 Å². The summed E-state index contributed by atoms with van der Waals surface area (Å²) in [5, 5.41) is 3.85. The van der Waals surface area contributed by atoms with Crippen molar-refractivity contribution in [2.24, 2.45) is 0 Å². The minimum Gasteiger partial charge on any atom is -0.381 e. The smallest absolute Gasteiger partial charge is 0.229 e. The zero-order valence-electron chi connectivity index (χ0n) is 8.83. The van der Waals surface area contributed by atoms with Gasteiger partial charge in [-0.2, -0.15) is 0 Å². The van der Waals surface area contributed by atoms with Crippen LogP contribution in [0.1, 0.15) is 12.8 Å². The Balaban J connectivity index is 2.20. The van der Waals surface area contributed by atoms with Crippen molar-refractivity contribution in [3.8, 4) is 0 Å². The molecule has 0 unspecified atom stereocenters. The van der Waals surface area contributed by atoms with Crippen LogP contribution in [0.5, 0.6) is 0 Å². The van der Waals surface area contributed by atoms with Crippen molar-refractivity contribution in [2.75, 3.05) is 16.3 Å². The summed E-state index contributed by atoms with van der Waals surface area (Å²) in [7, 11) is -3.24. The van der Waals surface area contributed by atoms with Crippen molar-refractivity contribution in [1.82, 2.24) is 0 Å². The number of sulfonamides is 1. The fraction of sp³-hybridized carbons (Fsp3) is 0.400. The molecular weight excluding hydrogens is 248 g/mol. The number of hydrogen-bond donors (Lipinski definition) is 2. The number of hydrogen-bond acceptors (Lipinski definition) is 3. The third-order valence-electron chi connectivity index (χ3n) is 2.21. The highest BCUT2D eigenvalue weighted by Gasteiger charge is 2.21. The monoisotopic (exact) mass is 260 g/mol. The van der Waals surface area contributed by atoms with Gasteiger partial charge in [-0.1, -0.05) is 11.6 Å². The number of anilines is 2. The van der Waals surface area contributed by atoms with E-state index in [4.69, 9.17) is 11.6 Å². The molecule has 1 fully saturated rings. The third kappa shape index (κ3) is 3.28. The van der Waals surface area contributed by atoms with Crippen LogP contribution in [0.2, 0.25) is 5.02 Å². The minimum absolute atomic E-state index is 0.478. The molecule has 0 aromatic heterocycles. The first-order chi connectivity index (χ1) is 7.44. The van der Waals surface area contributed by atoms with Crippen LogP contribution >= 0.6 is 11.6 Å². The summed E-state index contributed by atoms with van der Waals surface area (Å²) < 4.78 is 24.5. The van der Waals surface area contributed by atoms with Crippen molar-refractivity contribution in [3.63, 3.8) is 0 Å². The zero-order chi connectivity index (χ0) is 11.8. The van der Waals surface area contributed by atoms with E-state index in [9.17, 15) is 8.42 Å². The first-order valence-electron chi connectivity index (χ1n) is 4.98. The molecule has 0 saturated heterocycles. The summed E-state index contributed by atoms with van der Waals surface area (Å²) >= 11 is 6.00. The summed E-state index contributed by atoms with van der Waals surface area (Å²) in [6.45, 7) is 0. The number of nitrogens with one attached hydrogen (secondary N) is 2. The third-order valence-corrected chi connectivity index (χ3v) is 3.14. The van der Waals surface area contributed by atoms with Crippen LogP contribution in [0.25, 0.3) is 0 Å². The highest BCUT2D eigenvalue weighted by Crippen LogP contribution is 2.31. The molecule has 0 spiro atoms. The Hall–Kier alpha value is -0.940. The van der Waals surface area contributed by atoms with Gasteiger partial charge < -0.3 is 5.32 Å². The van der Waals surface area contributed by atoms with Crippen molar-refractivity contribution in [2.45, 2.75) is 18.9 Å². The standard InChI is InChI=1S/C10H13ClN2O2S/c1-16(14,15)13-8-4-5-9(11)10(6-8)12-7-2-3-7/h4-7,12-13H,2-3H2,1H3. The Morgan fingerprint density at radius 1 is 1.38 bits per heavy atom. The molecule has 0 heterocycles. The van der Waals surface area contributed by atoms with Gasteiger partial charge in [0.15, 0.2) is 0 Å². The second kappa shape index (κ2) is 4.14. The van der Waals surface area contributed by atoms with Crippen LogP contribution in [-0.2, 0) is 10.0 Å². The van der Waals surface area contributed by atoms with E-state index in [0.717, 1.165) is 24.8 Å². The first kappa shape index (κ1) is 11.5. The Bertz CT molecular complexity index is 498. The van der Waals surface area contributed by atoms with E-state index in [1.165, 1.54) is 0 Å². The van der Waals surface area contributed by atoms with Gasteiger partial charge in [0.05, 0.1) is 22.7 Å². The Morgan fingerprint density at radius 2 is 2.06 bits per heavy atom. The molecule has 1 aromatic carbocycles. The molecule has 6 heteroatoms. The summed E-state index contributed by atoms with van der Waals surface area (Å²) in [5.41, 5.74) is 1.30. The van der Waals surface area contributed by atoms with Crippen LogP contribution in [0.3, 0.4) is 0 Å².